The average Bonchev–Trinajstić information content (AvgIpc) is 2.57. The Morgan fingerprint density at radius 2 is 1.24 bits per heavy atom. The van der Waals surface area contributed by atoms with Crippen molar-refractivity contribution in [1.82, 2.24) is 15.0 Å². The van der Waals surface area contributed by atoms with Crippen LogP contribution in [0.5, 0.6) is 0 Å². The second-order valence-corrected chi connectivity index (χ2v) is 4.43. The Labute approximate surface area is 123 Å². The van der Waals surface area contributed by atoms with E-state index < -0.39 is 0 Å². The van der Waals surface area contributed by atoms with Crippen LogP contribution in [0.4, 0.5) is 11.6 Å². The van der Waals surface area contributed by atoms with E-state index in [1.165, 1.54) is 0 Å². The first kappa shape index (κ1) is 13.1. The highest BCUT2D eigenvalue weighted by molar-refractivity contribution is 5.44. The highest BCUT2D eigenvalue weighted by Crippen LogP contribution is 2.19. The summed E-state index contributed by atoms with van der Waals surface area (Å²) in [5, 5.41) is 6.71. The number of nitrogens with zero attached hydrogens (tertiary/aromatic N) is 3. The fourth-order valence-corrected chi connectivity index (χ4v) is 1.95. The zero-order valence-electron chi connectivity index (χ0n) is 11.3. The van der Waals surface area contributed by atoms with Crippen molar-refractivity contribution in [1.29, 1.82) is 0 Å². The lowest BCUT2D eigenvalue weighted by Gasteiger charge is -2.21. The molecule has 104 valence electrons. The number of nitrogens with one attached hydrogen (secondary N) is 2. The van der Waals surface area contributed by atoms with Gasteiger partial charge in [0.05, 0.1) is 0 Å². The zero-order valence-corrected chi connectivity index (χ0v) is 11.3. The first-order valence-electron chi connectivity index (χ1n) is 6.67. The van der Waals surface area contributed by atoms with Crippen molar-refractivity contribution in [2.24, 2.45) is 0 Å². The Hall–Kier alpha value is -2.95. The molecule has 21 heavy (non-hydrogen) atoms. The highest BCUT2D eigenvalue weighted by Gasteiger charge is 2.11. The van der Waals surface area contributed by atoms with Crippen molar-refractivity contribution in [3.8, 4) is 0 Å². The van der Waals surface area contributed by atoms with E-state index in [9.17, 15) is 0 Å². The van der Waals surface area contributed by atoms with E-state index in [1.807, 2.05) is 48.5 Å². The number of anilines is 2. The molecule has 3 aromatic rings. The quantitative estimate of drug-likeness (QED) is 0.702. The van der Waals surface area contributed by atoms with Gasteiger partial charge in [-0.1, -0.05) is 12.1 Å². The number of hydrogen-bond donors (Lipinski definition) is 2. The van der Waals surface area contributed by atoms with Crippen molar-refractivity contribution in [2.45, 2.75) is 6.17 Å². The van der Waals surface area contributed by atoms with Gasteiger partial charge in [0.2, 0.25) is 0 Å². The normalized spacial score (nSPS) is 10.3. The van der Waals surface area contributed by atoms with Crippen LogP contribution in [0.15, 0.2) is 73.3 Å². The number of hydrogen-bond acceptors (Lipinski definition) is 5. The minimum Gasteiger partial charge on any atom is -0.346 e. The summed E-state index contributed by atoms with van der Waals surface area (Å²) >= 11 is 0. The largest absolute Gasteiger partial charge is 0.346 e. The molecule has 0 aliphatic carbocycles. The molecule has 0 spiro atoms. The Kier molecular flexibility index (Phi) is 4.02. The summed E-state index contributed by atoms with van der Waals surface area (Å²) in [6.45, 7) is 0. The van der Waals surface area contributed by atoms with Gasteiger partial charge in [0.15, 0.2) is 0 Å². The van der Waals surface area contributed by atoms with Gasteiger partial charge >= 0.3 is 0 Å². The summed E-state index contributed by atoms with van der Waals surface area (Å²) in [5.41, 5.74) is 1.06. The minimum atomic E-state index is -0.141. The summed E-state index contributed by atoms with van der Waals surface area (Å²) in [6.07, 6.45) is 6.91. The maximum atomic E-state index is 4.30. The maximum absolute atomic E-state index is 4.30. The Morgan fingerprint density at radius 3 is 1.71 bits per heavy atom. The van der Waals surface area contributed by atoms with Crippen molar-refractivity contribution < 1.29 is 0 Å². The molecule has 3 aromatic heterocycles. The molecular formula is C16H15N5. The van der Waals surface area contributed by atoms with E-state index >= 15 is 0 Å². The van der Waals surface area contributed by atoms with Crippen molar-refractivity contribution in [3.05, 3.63) is 78.9 Å². The third kappa shape index (κ3) is 3.54. The fourth-order valence-electron chi connectivity index (χ4n) is 1.95. The van der Waals surface area contributed by atoms with Crippen LogP contribution in [0.2, 0.25) is 0 Å². The molecule has 3 rings (SSSR count). The molecule has 0 saturated heterocycles. The lowest BCUT2D eigenvalue weighted by Crippen LogP contribution is -2.21. The van der Waals surface area contributed by atoms with E-state index in [0.29, 0.717) is 0 Å². The van der Waals surface area contributed by atoms with Crippen LogP contribution in [-0.2, 0) is 0 Å². The van der Waals surface area contributed by atoms with Gasteiger partial charge in [-0.25, -0.2) is 9.97 Å². The van der Waals surface area contributed by atoms with Crippen molar-refractivity contribution in [3.63, 3.8) is 0 Å². The molecule has 0 aliphatic heterocycles. The Balaban J connectivity index is 1.84. The van der Waals surface area contributed by atoms with E-state index in [1.54, 1.807) is 24.8 Å². The summed E-state index contributed by atoms with van der Waals surface area (Å²) in [7, 11) is 0. The Bertz CT molecular complexity index is 617. The third-order valence-corrected chi connectivity index (χ3v) is 2.95. The van der Waals surface area contributed by atoms with Gasteiger partial charge < -0.3 is 10.6 Å². The standard InChI is InChI=1S/C16H15N5/c1-3-9-18-14(5-1)20-16(13-7-11-17-12-8-13)21-15-6-2-4-10-19-15/h1-12,16H,(H,18,20)(H,19,21). The highest BCUT2D eigenvalue weighted by atomic mass is 15.2. The minimum absolute atomic E-state index is 0.141. The van der Waals surface area contributed by atoms with Crippen LogP contribution in [0.3, 0.4) is 0 Å². The van der Waals surface area contributed by atoms with E-state index in [4.69, 9.17) is 0 Å². The van der Waals surface area contributed by atoms with Crippen LogP contribution in [0.1, 0.15) is 11.7 Å². The molecule has 0 aliphatic rings. The predicted octanol–water partition coefficient (Wildman–Crippen LogP) is 3.09. The summed E-state index contributed by atoms with van der Waals surface area (Å²) in [5.74, 6) is 1.59. The average molecular weight is 277 g/mol. The summed E-state index contributed by atoms with van der Waals surface area (Å²) in [4.78, 5) is 12.7. The SMILES string of the molecule is c1ccc(NC(Nc2ccccn2)c2ccncc2)nc1. The second-order valence-electron chi connectivity index (χ2n) is 4.43. The molecule has 0 radical (unpaired) electrons. The van der Waals surface area contributed by atoms with Crippen molar-refractivity contribution >= 4 is 11.6 Å². The molecular weight excluding hydrogens is 262 g/mol. The molecule has 5 heteroatoms. The van der Waals surface area contributed by atoms with Gasteiger partial charge in [-0.3, -0.25) is 4.98 Å². The third-order valence-electron chi connectivity index (χ3n) is 2.95. The molecule has 0 amide bonds. The monoisotopic (exact) mass is 277 g/mol. The molecule has 5 nitrogen and oxygen atoms in total. The number of pyridine rings is 3. The molecule has 0 atom stereocenters. The van der Waals surface area contributed by atoms with Gasteiger partial charge in [-0.2, -0.15) is 0 Å². The van der Waals surface area contributed by atoms with E-state index in [2.05, 4.69) is 25.6 Å². The maximum Gasteiger partial charge on any atom is 0.127 e. The van der Waals surface area contributed by atoms with E-state index in [-0.39, 0.29) is 6.17 Å². The fraction of sp³-hybridized carbons (Fsp3) is 0.0625. The Morgan fingerprint density at radius 1 is 0.667 bits per heavy atom. The second kappa shape index (κ2) is 6.47. The molecule has 0 saturated carbocycles. The smallest absolute Gasteiger partial charge is 0.127 e. The van der Waals surface area contributed by atoms with Crippen molar-refractivity contribution in [2.75, 3.05) is 10.6 Å². The van der Waals surface area contributed by atoms with Crippen LogP contribution < -0.4 is 10.6 Å². The molecule has 0 unspecified atom stereocenters. The topological polar surface area (TPSA) is 62.7 Å². The molecule has 0 aromatic carbocycles. The first-order valence-corrected chi connectivity index (χ1v) is 6.67. The molecule has 2 N–H and O–H groups in total. The number of aromatic nitrogens is 3. The molecule has 0 bridgehead atoms. The van der Waals surface area contributed by atoms with Crippen LogP contribution in [0.25, 0.3) is 0 Å². The lowest BCUT2D eigenvalue weighted by atomic mass is 10.2. The van der Waals surface area contributed by atoms with Gasteiger partial charge in [0.1, 0.15) is 17.8 Å². The van der Waals surface area contributed by atoms with Crippen LogP contribution in [-0.4, -0.2) is 15.0 Å². The van der Waals surface area contributed by atoms with Gasteiger partial charge in [-0.15, -0.1) is 0 Å². The summed E-state index contributed by atoms with van der Waals surface area (Å²) < 4.78 is 0. The predicted molar refractivity (Wildman–Crippen MR) is 82.7 cm³/mol. The van der Waals surface area contributed by atoms with Crippen LogP contribution in [0, 0.1) is 0 Å². The molecule has 0 fully saturated rings. The molecule has 3 heterocycles. The van der Waals surface area contributed by atoms with Gasteiger partial charge in [-0.05, 0) is 42.0 Å². The van der Waals surface area contributed by atoms with Gasteiger partial charge in [0, 0.05) is 24.8 Å². The number of rotatable bonds is 5. The lowest BCUT2D eigenvalue weighted by molar-refractivity contribution is 0.878. The first-order chi connectivity index (χ1) is 10.4. The van der Waals surface area contributed by atoms with Crippen LogP contribution >= 0.6 is 0 Å². The van der Waals surface area contributed by atoms with E-state index in [0.717, 1.165) is 17.2 Å². The zero-order chi connectivity index (χ0) is 14.3. The van der Waals surface area contributed by atoms with Gasteiger partial charge in [0.25, 0.3) is 0 Å². The summed E-state index contributed by atoms with van der Waals surface area (Å²) in [6, 6.07) is 15.4.